The molecule has 1 N–H and O–H groups in total. The molecule has 0 radical (unpaired) electrons. The molecule has 0 aliphatic heterocycles. The van der Waals surface area contributed by atoms with Crippen LogP contribution >= 0.6 is 15.9 Å². The summed E-state index contributed by atoms with van der Waals surface area (Å²) in [7, 11) is 0. The number of aromatic nitrogens is 5. The van der Waals surface area contributed by atoms with E-state index >= 15 is 0 Å². The summed E-state index contributed by atoms with van der Waals surface area (Å²) in [5.41, 5.74) is 1.17. The van der Waals surface area contributed by atoms with E-state index in [1.807, 2.05) is 0 Å². The van der Waals surface area contributed by atoms with Gasteiger partial charge in [0, 0.05) is 43.8 Å². The predicted octanol–water partition coefficient (Wildman–Crippen LogP) is 3.92. The van der Waals surface area contributed by atoms with Gasteiger partial charge in [0.25, 0.3) is 0 Å². The van der Waals surface area contributed by atoms with Crippen molar-refractivity contribution in [2.75, 3.05) is 5.32 Å². The maximum atomic E-state index is 13.9. The van der Waals surface area contributed by atoms with Gasteiger partial charge in [-0.3, -0.25) is 4.79 Å². The highest BCUT2D eigenvalue weighted by molar-refractivity contribution is 9.10. The first-order valence-corrected chi connectivity index (χ1v) is 9.11. The van der Waals surface area contributed by atoms with E-state index in [9.17, 15) is 13.6 Å². The number of nitrogens with zero attached hydrogens (tertiary/aromatic N) is 5. The zero-order valence-electron chi connectivity index (χ0n) is 14.5. The van der Waals surface area contributed by atoms with Gasteiger partial charge < -0.3 is 5.32 Å². The number of anilines is 1. The van der Waals surface area contributed by atoms with Gasteiger partial charge in [0.2, 0.25) is 11.7 Å². The highest BCUT2D eigenvalue weighted by Crippen LogP contribution is 2.40. The van der Waals surface area contributed by atoms with E-state index in [1.165, 1.54) is 11.6 Å². The number of halogens is 3. The average molecular weight is 437 g/mol. The molecule has 7 nitrogen and oxygen atoms in total. The largest absolute Gasteiger partial charge is 0.311 e. The van der Waals surface area contributed by atoms with Gasteiger partial charge in [-0.15, -0.1) is 0 Å². The smallest absolute Gasteiger partial charge is 0.303 e. The number of hydrogen-bond acceptors (Lipinski definition) is 5. The minimum atomic E-state index is -3.16. The molecule has 10 heteroatoms. The van der Waals surface area contributed by atoms with Crippen LogP contribution in [0.4, 0.5) is 14.6 Å². The maximum absolute atomic E-state index is 13.9. The zero-order chi connectivity index (χ0) is 19.3. The van der Waals surface area contributed by atoms with Gasteiger partial charge in [-0.1, -0.05) is 0 Å². The molecular formula is C17H15BrF2N6O. The number of hydrogen-bond donors (Lipinski definition) is 1. The summed E-state index contributed by atoms with van der Waals surface area (Å²) in [5.74, 6) is -3.20. The quantitative estimate of drug-likeness (QED) is 0.669. The van der Waals surface area contributed by atoms with Crippen molar-refractivity contribution in [1.29, 1.82) is 0 Å². The fourth-order valence-corrected chi connectivity index (χ4v) is 3.21. The van der Waals surface area contributed by atoms with Crippen LogP contribution in [0.5, 0.6) is 0 Å². The van der Waals surface area contributed by atoms with Crippen LogP contribution in [-0.4, -0.2) is 30.6 Å². The lowest BCUT2D eigenvalue weighted by Crippen LogP contribution is -2.16. The molecule has 3 heterocycles. The molecule has 1 saturated carbocycles. The van der Waals surface area contributed by atoms with Gasteiger partial charge in [-0.2, -0.15) is 13.9 Å². The molecule has 3 aromatic heterocycles. The van der Waals surface area contributed by atoms with Crippen molar-refractivity contribution in [3.8, 4) is 5.82 Å². The van der Waals surface area contributed by atoms with E-state index in [2.05, 4.69) is 41.3 Å². The first-order chi connectivity index (χ1) is 12.7. The van der Waals surface area contributed by atoms with Gasteiger partial charge in [0.1, 0.15) is 10.4 Å². The van der Waals surface area contributed by atoms with Crippen LogP contribution in [0.1, 0.15) is 44.1 Å². The summed E-state index contributed by atoms with van der Waals surface area (Å²) in [6.07, 6.45) is 3.39. The average Bonchev–Trinajstić information content (AvgIpc) is 3.38. The third-order valence-electron chi connectivity index (χ3n) is 4.16. The molecule has 1 fully saturated rings. The molecule has 3 aromatic rings. The topological polar surface area (TPSA) is 85.6 Å². The normalized spacial score (nSPS) is 14.6. The van der Waals surface area contributed by atoms with E-state index < -0.39 is 11.7 Å². The van der Waals surface area contributed by atoms with Crippen molar-refractivity contribution >= 4 is 38.6 Å². The van der Waals surface area contributed by atoms with Crippen LogP contribution in [0.15, 0.2) is 22.9 Å². The first-order valence-electron chi connectivity index (χ1n) is 8.32. The minimum Gasteiger partial charge on any atom is -0.311 e. The summed E-state index contributed by atoms with van der Waals surface area (Å²) in [4.78, 5) is 23.6. The van der Waals surface area contributed by atoms with Gasteiger partial charge in [-0.25, -0.2) is 19.6 Å². The fraction of sp³-hybridized carbons (Fsp3) is 0.353. The lowest BCUT2D eigenvalue weighted by Gasteiger charge is -2.13. The summed E-state index contributed by atoms with van der Waals surface area (Å²) in [6.45, 7) is 2.15. The van der Waals surface area contributed by atoms with Gasteiger partial charge in [-0.05, 0) is 28.8 Å². The Balaban J connectivity index is 1.90. The SMILES string of the molecule is CC(=O)Nc1cc2c(cn1)c(Br)nn2-c1cc(C2CC2)nc(C(C)(F)F)n1. The van der Waals surface area contributed by atoms with E-state index in [4.69, 9.17) is 0 Å². The second kappa shape index (κ2) is 6.29. The molecule has 1 aliphatic rings. The molecule has 0 saturated heterocycles. The summed E-state index contributed by atoms with van der Waals surface area (Å²) >= 11 is 3.36. The fourth-order valence-electron chi connectivity index (χ4n) is 2.74. The Bertz CT molecular complexity index is 1060. The van der Waals surface area contributed by atoms with E-state index in [1.54, 1.807) is 18.3 Å². The number of amides is 1. The minimum absolute atomic E-state index is 0.176. The molecule has 1 amide bonds. The second-order valence-corrected chi connectivity index (χ2v) is 7.36. The molecule has 140 valence electrons. The highest BCUT2D eigenvalue weighted by Gasteiger charge is 2.33. The Labute approximate surface area is 161 Å². The lowest BCUT2D eigenvalue weighted by molar-refractivity contribution is -0.114. The molecular weight excluding hydrogens is 422 g/mol. The Morgan fingerprint density at radius 1 is 1.33 bits per heavy atom. The van der Waals surface area contributed by atoms with Crippen molar-refractivity contribution in [3.63, 3.8) is 0 Å². The van der Waals surface area contributed by atoms with Gasteiger partial charge in [0.05, 0.1) is 10.9 Å². The standard InChI is InChI=1S/C17H15BrF2N6O/c1-8(27)22-13-6-12-10(7-21-13)15(18)25-26(12)14-5-11(9-3-4-9)23-16(24-14)17(2,19)20/h5-7,9H,3-4H2,1-2H3,(H,21,22,27). The number of carbonyl (C=O) groups excluding carboxylic acids is 1. The second-order valence-electron chi connectivity index (χ2n) is 6.61. The van der Waals surface area contributed by atoms with Crippen LogP contribution in [-0.2, 0) is 10.7 Å². The Hall–Kier alpha value is -2.49. The first kappa shape index (κ1) is 17.9. The number of nitrogens with one attached hydrogen (secondary N) is 1. The number of carbonyl (C=O) groups is 1. The monoisotopic (exact) mass is 436 g/mol. The maximum Gasteiger partial charge on any atom is 0.303 e. The molecule has 0 atom stereocenters. The summed E-state index contributed by atoms with van der Waals surface area (Å²) < 4.78 is 29.8. The van der Waals surface area contributed by atoms with E-state index in [0.717, 1.165) is 19.8 Å². The molecule has 0 bridgehead atoms. The van der Waals surface area contributed by atoms with Gasteiger partial charge in [0.15, 0.2) is 5.82 Å². The van der Waals surface area contributed by atoms with E-state index in [-0.39, 0.29) is 17.6 Å². The van der Waals surface area contributed by atoms with Crippen molar-refractivity contribution in [1.82, 2.24) is 24.7 Å². The van der Waals surface area contributed by atoms with Crippen molar-refractivity contribution in [3.05, 3.63) is 34.5 Å². The van der Waals surface area contributed by atoms with Crippen LogP contribution in [0.3, 0.4) is 0 Å². The Kier molecular flexibility index (Phi) is 4.17. The van der Waals surface area contributed by atoms with Gasteiger partial charge >= 0.3 is 5.92 Å². The Morgan fingerprint density at radius 2 is 2.07 bits per heavy atom. The number of fused-ring (bicyclic) bond motifs is 1. The van der Waals surface area contributed by atoms with Crippen LogP contribution in [0.25, 0.3) is 16.7 Å². The molecule has 0 aromatic carbocycles. The lowest BCUT2D eigenvalue weighted by atomic mass is 10.2. The number of rotatable bonds is 4. The van der Waals surface area contributed by atoms with Crippen molar-refractivity contribution in [2.45, 2.75) is 38.5 Å². The molecule has 4 rings (SSSR count). The number of alkyl halides is 2. The predicted molar refractivity (Wildman–Crippen MR) is 98.0 cm³/mol. The van der Waals surface area contributed by atoms with Crippen molar-refractivity contribution in [2.24, 2.45) is 0 Å². The van der Waals surface area contributed by atoms with Crippen LogP contribution in [0.2, 0.25) is 0 Å². The van der Waals surface area contributed by atoms with Crippen LogP contribution in [0, 0.1) is 0 Å². The summed E-state index contributed by atoms with van der Waals surface area (Å²) in [5, 5.41) is 7.64. The van der Waals surface area contributed by atoms with E-state index in [0.29, 0.717) is 27.0 Å². The third-order valence-corrected chi connectivity index (χ3v) is 4.75. The van der Waals surface area contributed by atoms with Crippen LogP contribution < -0.4 is 5.32 Å². The summed E-state index contributed by atoms with van der Waals surface area (Å²) in [6, 6.07) is 3.31. The third kappa shape index (κ3) is 3.53. The Morgan fingerprint density at radius 3 is 2.70 bits per heavy atom. The molecule has 1 aliphatic carbocycles. The number of pyridine rings is 1. The molecule has 0 spiro atoms. The molecule has 27 heavy (non-hydrogen) atoms. The molecule has 0 unspecified atom stereocenters. The zero-order valence-corrected chi connectivity index (χ0v) is 16.1. The highest BCUT2D eigenvalue weighted by atomic mass is 79.9. The van der Waals surface area contributed by atoms with Crippen molar-refractivity contribution < 1.29 is 13.6 Å².